The normalized spacial score (nSPS) is 29.9. The summed E-state index contributed by atoms with van der Waals surface area (Å²) in [6.07, 6.45) is 6.01. The van der Waals surface area contributed by atoms with Crippen molar-refractivity contribution < 1.29 is 9.52 Å². The number of fused-ring (bicyclic) bond motifs is 2. The first-order chi connectivity index (χ1) is 9.11. The Hall–Kier alpha value is -1.33. The van der Waals surface area contributed by atoms with E-state index in [4.69, 9.17) is 4.42 Å². The van der Waals surface area contributed by atoms with Crippen LogP contribution in [0.15, 0.2) is 21.5 Å². The number of hydrogen-bond donors (Lipinski definition) is 2. The van der Waals surface area contributed by atoms with E-state index in [2.05, 4.69) is 17.3 Å². The molecule has 1 aromatic rings. The second kappa shape index (κ2) is 4.98. The van der Waals surface area contributed by atoms with E-state index in [0.717, 1.165) is 19.1 Å². The van der Waals surface area contributed by atoms with Crippen molar-refractivity contribution in [3.8, 4) is 5.75 Å². The third-order valence-electron chi connectivity index (χ3n) is 4.34. The van der Waals surface area contributed by atoms with Crippen LogP contribution < -0.4 is 10.7 Å². The average molecular weight is 264 g/mol. The summed E-state index contributed by atoms with van der Waals surface area (Å²) in [5.41, 5.74) is -0.375. The van der Waals surface area contributed by atoms with Gasteiger partial charge in [-0.15, -0.1) is 0 Å². The minimum Gasteiger partial charge on any atom is -0.502 e. The van der Waals surface area contributed by atoms with Gasteiger partial charge in [-0.25, -0.2) is 0 Å². The predicted octanol–water partition coefficient (Wildman–Crippen LogP) is 1.06. The molecule has 0 aliphatic carbocycles. The maximum Gasteiger partial charge on any atom is 0.226 e. The number of rotatable bonds is 3. The molecule has 5 nitrogen and oxygen atoms in total. The van der Waals surface area contributed by atoms with Crippen LogP contribution in [-0.4, -0.2) is 35.2 Å². The predicted molar refractivity (Wildman–Crippen MR) is 71.1 cm³/mol. The average Bonchev–Trinajstić information content (AvgIpc) is 2.72. The van der Waals surface area contributed by atoms with E-state index in [0.29, 0.717) is 30.4 Å². The Kier molecular flexibility index (Phi) is 3.33. The fourth-order valence-electron chi connectivity index (χ4n) is 3.29. The topological polar surface area (TPSA) is 65.7 Å². The minimum absolute atomic E-state index is 0.327. The molecule has 2 N–H and O–H groups in total. The quantitative estimate of drug-likeness (QED) is 0.854. The Labute approximate surface area is 112 Å². The Morgan fingerprint density at radius 1 is 1.42 bits per heavy atom. The molecule has 3 heterocycles. The lowest BCUT2D eigenvalue weighted by molar-refractivity contribution is 0.155. The molecule has 2 aliphatic heterocycles. The van der Waals surface area contributed by atoms with E-state index in [-0.39, 0.29) is 11.2 Å². The number of nitrogens with zero attached hydrogens (tertiary/aromatic N) is 1. The van der Waals surface area contributed by atoms with Crippen LogP contribution in [0.5, 0.6) is 5.75 Å². The van der Waals surface area contributed by atoms with E-state index < -0.39 is 0 Å². The van der Waals surface area contributed by atoms with Gasteiger partial charge in [-0.1, -0.05) is 0 Å². The third-order valence-corrected chi connectivity index (χ3v) is 4.34. The molecule has 2 aliphatic rings. The molecule has 2 saturated heterocycles. The van der Waals surface area contributed by atoms with Gasteiger partial charge in [0.2, 0.25) is 5.43 Å². The van der Waals surface area contributed by atoms with Crippen molar-refractivity contribution in [1.82, 2.24) is 10.2 Å². The summed E-state index contributed by atoms with van der Waals surface area (Å²) in [5.74, 6) is 0.280. The summed E-state index contributed by atoms with van der Waals surface area (Å²) in [6.45, 7) is 0.611. The lowest BCUT2D eigenvalue weighted by Gasteiger charge is -2.35. The Balaban J connectivity index is 1.66. The van der Waals surface area contributed by atoms with Crippen LogP contribution in [0.1, 0.15) is 31.4 Å². The van der Waals surface area contributed by atoms with E-state index in [1.54, 1.807) is 0 Å². The van der Waals surface area contributed by atoms with Crippen molar-refractivity contribution in [2.24, 2.45) is 0 Å². The molecule has 0 aromatic carbocycles. The zero-order valence-corrected chi connectivity index (χ0v) is 11.1. The van der Waals surface area contributed by atoms with Gasteiger partial charge >= 0.3 is 0 Å². The molecule has 104 valence electrons. The Morgan fingerprint density at radius 3 is 2.74 bits per heavy atom. The summed E-state index contributed by atoms with van der Waals surface area (Å²) < 4.78 is 5.26. The molecule has 19 heavy (non-hydrogen) atoms. The molecule has 0 saturated carbocycles. The second-order valence-corrected chi connectivity index (χ2v) is 5.77. The molecule has 2 fully saturated rings. The second-order valence-electron chi connectivity index (χ2n) is 5.77. The fourth-order valence-corrected chi connectivity index (χ4v) is 3.29. The van der Waals surface area contributed by atoms with Crippen molar-refractivity contribution in [1.29, 1.82) is 0 Å². The third kappa shape index (κ3) is 2.67. The van der Waals surface area contributed by atoms with Crippen molar-refractivity contribution in [3.05, 3.63) is 28.3 Å². The summed E-state index contributed by atoms with van der Waals surface area (Å²) in [7, 11) is 2.07. The zero-order valence-electron chi connectivity index (χ0n) is 11.1. The number of aromatic hydroxyl groups is 1. The van der Waals surface area contributed by atoms with Crippen LogP contribution in [0.3, 0.4) is 0 Å². The van der Waals surface area contributed by atoms with E-state index in [1.165, 1.54) is 18.9 Å². The first-order valence-electron chi connectivity index (χ1n) is 6.89. The standard InChI is InChI=1S/C14H20N2O3/c1-16(7-12-6-13(17)14(18)8-19-12)11-4-9-2-3-10(5-11)15-9/h6,8-11,15,18H,2-5,7H2,1H3. The summed E-state index contributed by atoms with van der Waals surface area (Å²) in [5, 5.41) is 12.8. The highest BCUT2D eigenvalue weighted by Gasteiger charge is 2.35. The van der Waals surface area contributed by atoms with E-state index in [9.17, 15) is 9.90 Å². The fraction of sp³-hybridized carbons (Fsp3) is 0.643. The summed E-state index contributed by atoms with van der Waals surface area (Å²) in [6, 6.07) is 3.22. The maximum absolute atomic E-state index is 11.4. The smallest absolute Gasteiger partial charge is 0.226 e. The molecule has 0 radical (unpaired) electrons. The van der Waals surface area contributed by atoms with Gasteiger partial charge in [-0.2, -0.15) is 0 Å². The zero-order chi connectivity index (χ0) is 13.4. The van der Waals surface area contributed by atoms with Crippen molar-refractivity contribution in [2.75, 3.05) is 7.05 Å². The molecule has 5 heteroatoms. The molecule has 2 atom stereocenters. The summed E-state index contributed by atoms with van der Waals surface area (Å²) in [4.78, 5) is 13.6. The van der Waals surface area contributed by atoms with E-state index >= 15 is 0 Å². The molecular formula is C14H20N2O3. The molecule has 0 spiro atoms. The van der Waals surface area contributed by atoms with Crippen molar-refractivity contribution in [2.45, 2.75) is 50.4 Å². The largest absolute Gasteiger partial charge is 0.502 e. The van der Waals surface area contributed by atoms with Crippen LogP contribution in [0.25, 0.3) is 0 Å². The number of hydrogen-bond acceptors (Lipinski definition) is 5. The van der Waals surface area contributed by atoms with Crippen LogP contribution in [0.4, 0.5) is 0 Å². The number of nitrogens with one attached hydrogen (secondary N) is 1. The Bertz CT molecular complexity index is 502. The van der Waals surface area contributed by atoms with Gasteiger partial charge in [-0.05, 0) is 32.7 Å². The lowest BCUT2D eigenvalue weighted by atomic mass is 9.98. The molecule has 3 rings (SSSR count). The van der Waals surface area contributed by atoms with Crippen molar-refractivity contribution in [3.63, 3.8) is 0 Å². The molecule has 2 bridgehead atoms. The van der Waals surface area contributed by atoms with Gasteiger partial charge < -0.3 is 14.8 Å². The van der Waals surface area contributed by atoms with E-state index in [1.807, 2.05) is 0 Å². The number of piperidine rings is 1. The van der Waals surface area contributed by atoms with Gasteiger partial charge in [-0.3, -0.25) is 9.69 Å². The SMILES string of the molecule is CN(Cc1cc(=O)c(O)co1)C1CC2CCC(C1)N2. The lowest BCUT2D eigenvalue weighted by Crippen LogP contribution is -2.46. The molecule has 0 amide bonds. The monoisotopic (exact) mass is 264 g/mol. The highest BCUT2D eigenvalue weighted by Crippen LogP contribution is 2.29. The Morgan fingerprint density at radius 2 is 2.11 bits per heavy atom. The van der Waals surface area contributed by atoms with Crippen LogP contribution in [-0.2, 0) is 6.54 Å². The van der Waals surface area contributed by atoms with Gasteiger partial charge in [0.15, 0.2) is 5.75 Å². The van der Waals surface area contributed by atoms with Gasteiger partial charge in [0.05, 0.1) is 6.54 Å². The van der Waals surface area contributed by atoms with Gasteiger partial charge in [0.25, 0.3) is 0 Å². The van der Waals surface area contributed by atoms with Crippen LogP contribution in [0, 0.1) is 0 Å². The highest BCUT2D eigenvalue weighted by molar-refractivity contribution is 5.15. The van der Waals surface area contributed by atoms with Crippen LogP contribution >= 0.6 is 0 Å². The summed E-state index contributed by atoms with van der Waals surface area (Å²) >= 11 is 0. The molecule has 2 unspecified atom stereocenters. The van der Waals surface area contributed by atoms with Gasteiger partial charge in [0.1, 0.15) is 12.0 Å². The van der Waals surface area contributed by atoms with Crippen molar-refractivity contribution >= 4 is 0 Å². The van der Waals surface area contributed by atoms with Crippen LogP contribution in [0.2, 0.25) is 0 Å². The van der Waals surface area contributed by atoms with Gasteiger partial charge in [0, 0.05) is 24.2 Å². The minimum atomic E-state index is -0.375. The molecule has 1 aromatic heterocycles. The first kappa shape index (κ1) is 12.7. The highest BCUT2D eigenvalue weighted by atomic mass is 16.4. The maximum atomic E-state index is 11.4. The molecular weight excluding hydrogens is 244 g/mol. The first-order valence-corrected chi connectivity index (χ1v) is 6.89.